The van der Waals surface area contributed by atoms with Crippen molar-refractivity contribution in [3.63, 3.8) is 0 Å². The van der Waals surface area contributed by atoms with Gasteiger partial charge in [-0.3, -0.25) is 22.8 Å². The molecule has 0 spiro atoms. The van der Waals surface area contributed by atoms with Crippen molar-refractivity contribution in [3.8, 4) is 63.6 Å². The second kappa shape index (κ2) is 40.1. The highest BCUT2D eigenvalue weighted by atomic mass is 15.3. The Bertz CT molecular complexity index is 7950. The Morgan fingerprint density at radius 3 is 0.612 bits per heavy atom. The molecule has 0 atom stereocenters. The van der Waals surface area contributed by atoms with Gasteiger partial charge in [-0.15, -0.1) is 0 Å². The fraction of sp³-hybridized carbons (Fsp3) is 0.219. The van der Waals surface area contributed by atoms with Gasteiger partial charge in [0.15, 0.2) is 17.5 Å². The molecule has 0 saturated carbocycles. The molecule has 11 heterocycles. The van der Waals surface area contributed by atoms with E-state index in [1.54, 1.807) is 0 Å². The van der Waals surface area contributed by atoms with Crippen LogP contribution in [0.4, 0.5) is 0 Å². The Hall–Kier alpha value is -16.8. The fourth-order valence-corrected chi connectivity index (χ4v) is 18.2. The van der Waals surface area contributed by atoms with E-state index in [9.17, 15) is 0 Å². The summed E-state index contributed by atoms with van der Waals surface area (Å²) >= 11 is 0. The van der Waals surface area contributed by atoms with Gasteiger partial charge in [-0.25, -0.2) is 54.8 Å². The van der Waals surface area contributed by atoms with Gasteiger partial charge in [-0.2, -0.15) is 15.0 Å². The van der Waals surface area contributed by atoms with E-state index in [-0.39, 0.29) is 37.9 Å². The number of benzene rings is 13. The molecule has 13 aromatic carbocycles. The lowest BCUT2D eigenvalue weighted by Crippen LogP contribution is -2.20. The maximum Gasteiger partial charge on any atom is 0.239 e. The van der Waals surface area contributed by atoms with Crippen LogP contribution in [-0.2, 0) is 37.9 Å². The number of hydrogen-bond donors (Lipinski definition) is 0. The van der Waals surface area contributed by atoms with E-state index >= 15 is 0 Å². The molecule has 0 aliphatic rings. The van der Waals surface area contributed by atoms with Crippen LogP contribution in [0.15, 0.2) is 377 Å². The first kappa shape index (κ1) is 99.0. The maximum absolute atomic E-state index is 5.16. The molecule has 0 N–H and O–H groups in total. The smallest absolute Gasteiger partial charge is 0.239 e. The summed E-state index contributed by atoms with van der Waals surface area (Å²) in [5.41, 5.74) is 17.5. The van der Waals surface area contributed by atoms with Crippen molar-refractivity contribution in [2.24, 2.45) is 0 Å². The molecule has 19 heteroatoms. The quantitative estimate of drug-likeness (QED) is 0.139. The molecule has 0 bridgehead atoms. The summed E-state index contributed by atoms with van der Waals surface area (Å²) in [4.78, 5) is 66.5. The molecule has 24 aromatic rings. The zero-order valence-electron chi connectivity index (χ0n) is 87.8. The number of aromatic nitrogens is 19. The zero-order valence-corrected chi connectivity index (χ0v) is 87.8. The van der Waals surface area contributed by atoms with Crippen molar-refractivity contribution < 1.29 is 0 Å². The van der Waals surface area contributed by atoms with Gasteiger partial charge in [0.05, 0.1) is 55.2 Å². The fourth-order valence-electron chi connectivity index (χ4n) is 18.2. The summed E-state index contributed by atoms with van der Waals surface area (Å²) in [5, 5.41) is 12.1. The maximum atomic E-state index is 5.16. The second-order valence-corrected chi connectivity index (χ2v) is 44.5. The van der Waals surface area contributed by atoms with Crippen molar-refractivity contribution in [3.05, 3.63) is 417 Å². The first-order chi connectivity index (χ1) is 70.4. The molecule has 0 aliphatic carbocycles. The highest BCUT2D eigenvalue weighted by Crippen LogP contribution is 2.41. The first-order valence-electron chi connectivity index (χ1n) is 50.4. The van der Waals surface area contributed by atoms with E-state index in [4.69, 9.17) is 24.9 Å². The summed E-state index contributed by atoms with van der Waals surface area (Å²) in [7, 11) is 0. The minimum Gasteiger partial charge on any atom is -0.294 e. The predicted octanol–water partition coefficient (Wildman–Crippen LogP) is 31.2. The van der Waals surface area contributed by atoms with Crippen LogP contribution in [0, 0.1) is 0 Å². The average molecular weight is 1930 g/mol. The Morgan fingerprint density at radius 1 is 0.156 bits per heavy atom. The van der Waals surface area contributed by atoms with Crippen LogP contribution in [0.5, 0.6) is 0 Å². The van der Waals surface area contributed by atoms with Crippen molar-refractivity contribution in [2.75, 3.05) is 0 Å². The van der Waals surface area contributed by atoms with E-state index < -0.39 is 0 Å². The molecule has 0 saturated heterocycles. The molecule has 0 fully saturated rings. The average Bonchev–Trinajstić information content (AvgIpc) is 1.58. The van der Waals surface area contributed by atoms with Crippen LogP contribution in [-0.4, -0.2) is 92.6 Å². The molecule has 732 valence electrons. The van der Waals surface area contributed by atoms with Gasteiger partial charge in [0, 0.05) is 135 Å². The van der Waals surface area contributed by atoms with Crippen LogP contribution >= 0.6 is 0 Å². The number of fused-ring (bicyclic) bond motifs is 15. The Kier molecular flexibility index (Phi) is 27.0. The van der Waals surface area contributed by atoms with Crippen molar-refractivity contribution in [1.82, 2.24) is 92.6 Å². The predicted molar refractivity (Wildman–Crippen MR) is 607 cm³/mol. The molecule has 147 heavy (non-hydrogen) atoms. The van der Waals surface area contributed by atoms with E-state index in [0.29, 0.717) is 11.9 Å². The third kappa shape index (κ3) is 20.8. The monoisotopic (exact) mass is 1930 g/mol. The number of nitrogens with zero attached hydrogens (tertiary/aromatic N) is 19. The van der Waals surface area contributed by atoms with Crippen LogP contribution in [0.25, 0.3) is 173 Å². The minimum absolute atomic E-state index is 0.0381. The lowest BCUT2D eigenvalue weighted by Gasteiger charge is -2.20. The van der Waals surface area contributed by atoms with Gasteiger partial charge in [0.2, 0.25) is 17.8 Å². The highest BCUT2D eigenvalue weighted by Gasteiger charge is 2.30. The summed E-state index contributed by atoms with van der Waals surface area (Å²) in [6, 6.07) is 117. The lowest BCUT2D eigenvalue weighted by molar-refractivity contribution is 0.532. The topological polar surface area (TPSA) is 205 Å². The largest absolute Gasteiger partial charge is 0.294 e. The van der Waals surface area contributed by atoms with Gasteiger partial charge in [-0.1, -0.05) is 418 Å². The van der Waals surface area contributed by atoms with E-state index in [1.165, 1.54) is 59.4 Å². The molecule has 11 aromatic heterocycles. The third-order valence-corrected chi connectivity index (χ3v) is 26.2. The number of para-hydroxylation sites is 10. The van der Waals surface area contributed by atoms with Gasteiger partial charge >= 0.3 is 0 Å². The normalized spacial score (nSPS) is 12.1. The van der Waals surface area contributed by atoms with Crippen molar-refractivity contribution >= 4 is 109 Å². The number of rotatable bonds is 8. The highest BCUT2D eigenvalue weighted by molar-refractivity contribution is 6.13. The minimum atomic E-state index is -0.260. The van der Waals surface area contributed by atoms with E-state index in [2.05, 4.69) is 462 Å². The van der Waals surface area contributed by atoms with Crippen molar-refractivity contribution in [2.45, 2.75) is 183 Å². The molecular weight excluding hydrogens is 1800 g/mol. The molecule has 24 rings (SSSR count). The molecular formula is C128H125N19. The molecule has 0 unspecified atom stereocenters. The van der Waals surface area contributed by atoms with Gasteiger partial charge in [0.1, 0.15) is 34.9 Å². The summed E-state index contributed by atoms with van der Waals surface area (Å²) in [6.45, 7) is 45.2. The summed E-state index contributed by atoms with van der Waals surface area (Å²) in [6.07, 6.45) is 11.6. The zero-order chi connectivity index (χ0) is 103. The Morgan fingerprint density at radius 2 is 0.361 bits per heavy atom. The van der Waals surface area contributed by atoms with Crippen LogP contribution in [0.3, 0.4) is 0 Å². The van der Waals surface area contributed by atoms with Gasteiger partial charge < -0.3 is 0 Å². The Balaban J connectivity index is 0.000000115. The molecule has 0 radical (unpaired) electrons. The summed E-state index contributed by atoms with van der Waals surface area (Å²) in [5.74, 6) is 9.25. The molecule has 19 nitrogen and oxygen atoms in total. The molecule has 0 aliphatic heterocycles. The molecule has 0 amide bonds. The van der Waals surface area contributed by atoms with Crippen LogP contribution < -0.4 is 0 Å². The SMILES string of the molecule is CC(C)(C)c1cnc(-c2ccccc2)nc1.CC(C)(C)c1cnc(-n2c3ccccc3c3ccccc32)nc1.CC(C)(C)c1cnc(C(C)(C)C)nc1.CC(C)(C)c1nc(-c2ccccc2)nc(-c2ccccc2)n1.CC(C)(C)c1nc(-n2c3ccccc3c3ccccc32)cc(-n2c3ccccc3c3ccccc32)n1.CC(C)(C)c1nc(-n2c3ccccc3c3ccccc32)nc(-n2c3ccccc3c3ccccc32)n1. The van der Waals surface area contributed by atoms with Gasteiger partial charge in [0.25, 0.3) is 0 Å². The first-order valence-corrected chi connectivity index (χ1v) is 50.4. The van der Waals surface area contributed by atoms with E-state index in [0.717, 1.165) is 141 Å². The van der Waals surface area contributed by atoms with Gasteiger partial charge in [-0.05, 0) is 93.6 Å². The lowest BCUT2D eigenvalue weighted by atomic mass is 9.89. The summed E-state index contributed by atoms with van der Waals surface area (Å²) < 4.78 is 11.0. The van der Waals surface area contributed by atoms with Crippen molar-refractivity contribution in [1.29, 1.82) is 0 Å². The third-order valence-electron chi connectivity index (χ3n) is 26.2. The number of hydrogen-bond acceptors (Lipinski definition) is 14. The Labute approximate surface area is 859 Å². The van der Waals surface area contributed by atoms with E-state index in [1.807, 2.05) is 128 Å². The van der Waals surface area contributed by atoms with Crippen LogP contribution in [0.1, 0.15) is 185 Å². The standard InChI is InChI=1S/C32H26N4.C31H25N5.C20H19N3.C19H19N3.C14H16N2.C12H20N2/c1-32(2,3)31-33-29(35-25-16-8-4-12-21(25)22-13-5-9-17-26(22)35)20-30(34-31)36-27-18-10-6-14-23(27)24-15-7-11-19-28(24)36;1-31(2,3)28-32-29(35-24-16-8-4-12-20(24)21-13-5-9-17-25(21)35)34-30(33-28)36-26-18-10-6-14-22(26)23-15-7-11-19-27(23)36;1-20(2,3)14-12-21-19(22-13-14)23-17-10-6-4-8-15(17)16-9-5-7-11-18(16)23;1-19(2,3)18-21-16(14-10-6-4-7-11-14)20-17(22-18)15-12-8-5-9-13-15;1-14(2,3)12-9-15-13(16-10-12)11-7-5-4-6-8-11;1-11(2,3)9-7-13-10(14-8-9)12(4,5)6/h4-20H,1-3H3;4-19H,1-3H3;4-13H,1-3H3;4-13H,1-3H3;4-10H,1-3H3;7-8H,1-6H3. The van der Waals surface area contributed by atoms with Crippen LogP contribution in [0.2, 0.25) is 0 Å². The second-order valence-electron chi connectivity index (χ2n) is 44.5.